The molecule has 1 aliphatic rings. The highest BCUT2D eigenvalue weighted by molar-refractivity contribution is 7.71. The summed E-state index contributed by atoms with van der Waals surface area (Å²) in [5, 5.41) is 16.5. The highest BCUT2D eigenvalue weighted by Gasteiger charge is 2.47. The molecule has 0 fully saturated rings. The molecule has 0 bridgehead atoms. The van der Waals surface area contributed by atoms with Crippen LogP contribution in [0.3, 0.4) is 0 Å². The lowest BCUT2D eigenvalue weighted by Crippen LogP contribution is -2.39. The Bertz CT molecular complexity index is 1530. The largest absolute Gasteiger partial charge is 0.347 e. The SMILES string of the molecule is O=C1NC(n2[nH]c(=O)n(-c3cccc([N+](=O)[O-])c3)c2=S)=NC1(c1ccccc1)c1ccccc1. The molecule has 0 spiro atoms. The number of hydrogen-bond donors (Lipinski definition) is 2. The van der Waals surface area contributed by atoms with Crippen LogP contribution >= 0.6 is 12.2 Å². The highest BCUT2D eigenvalue weighted by Crippen LogP contribution is 2.37. The summed E-state index contributed by atoms with van der Waals surface area (Å²) in [5.74, 6) is -0.380. The zero-order chi connectivity index (χ0) is 23.9. The fourth-order valence-electron chi connectivity index (χ4n) is 3.95. The number of non-ortho nitro benzene ring substituents is 1. The molecule has 5 rings (SSSR count). The van der Waals surface area contributed by atoms with Crippen molar-refractivity contribution in [2.24, 2.45) is 4.99 Å². The Morgan fingerprint density at radius 3 is 2.12 bits per heavy atom. The van der Waals surface area contributed by atoms with Crippen molar-refractivity contribution in [3.05, 3.63) is 121 Å². The van der Waals surface area contributed by atoms with E-state index in [2.05, 4.69) is 10.4 Å². The van der Waals surface area contributed by atoms with Crippen LogP contribution in [0, 0.1) is 14.9 Å². The molecule has 168 valence electrons. The lowest BCUT2D eigenvalue weighted by molar-refractivity contribution is -0.384. The second-order valence-electron chi connectivity index (χ2n) is 7.48. The van der Waals surface area contributed by atoms with Crippen molar-refractivity contribution in [3.8, 4) is 5.69 Å². The van der Waals surface area contributed by atoms with Crippen molar-refractivity contribution in [1.82, 2.24) is 19.7 Å². The maximum Gasteiger partial charge on any atom is 0.347 e. The van der Waals surface area contributed by atoms with Crippen molar-refractivity contribution < 1.29 is 9.72 Å². The Kier molecular flexibility index (Phi) is 5.02. The summed E-state index contributed by atoms with van der Waals surface area (Å²) in [6.45, 7) is 0. The number of aromatic nitrogens is 3. The molecule has 4 aromatic rings. The molecule has 1 amide bonds. The van der Waals surface area contributed by atoms with E-state index in [4.69, 9.17) is 17.2 Å². The number of nitrogens with one attached hydrogen (secondary N) is 2. The van der Waals surface area contributed by atoms with Crippen molar-refractivity contribution >= 4 is 29.8 Å². The first kappa shape index (κ1) is 21.2. The smallest absolute Gasteiger partial charge is 0.292 e. The Balaban J connectivity index is 1.69. The third kappa shape index (κ3) is 3.26. The number of aromatic amines is 1. The minimum atomic E-state index is -1.39. The molecular weight excluding hydrogens is 456 g/mol. The van der Waals surface area contributed by atoms with Crippen molar-refractivity contribution in [1.29, 1.82) is 0 Å². The van der Waals surface area contributed by atoms with Gasteiger partial charge in [-0.05, 0) is 29.4 Å². The van der Waals surface area contributed by atoms with E-state index in [-0.39, 0.29) is 22.1 Å². The van der Waals surface area contributed by atoms with E-state index in [1.165, 1.54) is 28.9 Å². The Morgan fingerprint density at radius 1 is 0.912 bits per heavy atom. The van der Waals surface area contributed by atoms with Gasteiger partial charge in [0.1, 0.15) is 0 Å². The zero-order valence-electron chi connectivity index (χ0n) is 17.4. The van der Waals surface area contributed by atoms with Crippen molar-refractivity contribution in [3.63, 3.8) is 0 Å². The summed E-state index contributed by atoms with van der Waals surface area (Å²) in [5.41, 5.74) is -0.732. The van der Waals surface area contributed by atoms with Crippen LogP contribution in [0.15, 0.2) is 94.7 Å². The summed E-state index contributed by atoms with van der Waals surface area (Å²) in [6.07, 6.45) is 0. The number of aliphatic imine (C=N–C) groups is 1. The maximum absolute atomic E-state index is 13.4. The van der Waals surface area contributed by atoms with Crippen LogP contribution in [0.5, 0.6) is 0 Å². The predicted molar refractivity (Wildman–Crippen MR) is 127 cm³/mol. The van der Waals surface area contributed by atoms with Gasteiger partial charge in [0.2, 0.25) is 10.7 Å². The Morgan fingerprint density at radius 2 is 1.53 bits per heavy atom. The lowest BCUT2D eigenvalue weighted by atomic mass is 9.83. The molecule has 34 heavy (non-hydrogen) atoms. The summed E-state index contributed by atoms with van der Waals surface area (Å²) in [6, 6.07) is 23.7. The van der Waals surface area contributed by atoms with E-state index in [1.807, 2.05) is 36.4 Å². The first-order valence-electron chi connectivity index (χ1n) is 10.1. The molecule has 0 unspecified atom stereocenters. The highest BCUT2D eigenvalue weighted by atomic mass is 32.1. The molecule has 0 atom stereocenters. The maximum atomic E-state index is 13.4. The fourth-order valence-corrected chi connectivity index (χ4v) is 4.27. The van der Waals surface area contributed by atoms with Crippen LogP contribution in [-0.2, 0) is 10.3 Å². The number of nitro benzene ring substituents is 1. The number of H-pyrrole nitrogens is 1. The van der Waals surface area contributed by atoms with Crippen LogP contribution in [0.1, 0.15) is 11.1 Å². The average molecular weight is 472 g/mol. The van der Waals surface area contributed by atoms with Gasteiger partial charge in [-0.1, -0.05) is 66.7 Å². The van der Waals surface area contributed by atoms with E-state index in [0.717, 1.165) is 4.57 Å². The number of amides is 1. The van der Waals surface area contributed by atoms with Crippen LogP contribution < -0.4 is 11.0 Å². The standard InChI is InChI=1S/C23H16N6O4S/c30-19-23(15-8-3-1-4-9-15,16-10-5-2-6-11-16)25-20(24-19)28-22(34)27(21(31)26-28)17-12-7-13-18(14-17)29(32)33/h1-14H,(H,26,31)(H,24,25,30). The van der Waals surface area contributed by atoms with Gasteiger partial charge in [0.25, 0.3) is 11.6 Å². The third-order valence-corrected chi connectivity index (χ3v) is 5.88. The van der Waals surface area contributed by atoms with Gasteiger partial charge in [-0.15, -0.1) is 0 Å². The predicted octanol–water partition coefficient (Wildman–Crippen LogP) is 2.88. The van der Waals surface area contributed by atoms with Gasteiger partial charge in [-0.2, -0.15) is 4.68 Å². The summed E-state index contributed by atoms with van der Waals surface area (Å²) in [7, 11) is 0. The molecule has 1 aromatic heterocycles. The minimum Gasteiger partial charge on any atom is -0.292 e. The molecule has 0 aliphatic carbocycles. The first-order valence-corrected chi connectivity index (χ1v) is 10.5. The van der Waals surface area contributed by atoms with Gasteiger partial charge in [-0.25, -0.2) is 19.5 Å². The first-order chi connectivity index (χ1) is 16.4. The molecule has 2 heterocycles. The molecule has 0 radical (unpaired) electrons. The molecule has 0 saturated carbocycles. The number of hydrogen-bond acceptors (Lipinski definition) is 6. The monoisotopic (exact) mass is 472 g/mol. The molecule has 3 aromatic carbocycles. The number of benzene rings is 3. The molecule has 0 saturated heterocycles. The van der Waals surface area contributed by atoms with Gasteiger partial charge >= 0.3 is 5.69 Å². The summed E-state index contributed by atoms with van der Waals surface area (Å²) in [4.78, 5) is 41.5. The number of rotatable bonds is 4. The fraction of sp³-hybridized carbons (Fsp3) is 0.0435. The summed E-state index contributed by atoms with van der Waals surface area (Å²) < 4.78 is 2.24. The normalized spacial score (nSPS) is 14.5. The van der Waals surface area contributed by atoms with Crippen LogP contribution in [0.25, 0.3) is 5.69 Å². The minimum absolute atomic E-state index is 0.0315. The zero-order valence-corrected chi connectivity index (χ0v) is 18.2. The van der Waals surface area contributed by atoms with Gasteiger partial charge in [0, 0.05) is 12.1 Å². The number of carbonyl (C=O) groups is 1. The molecule has 2 N–H and O–H groups in total. The van der Waals surface area contributed by atoms with Crippen molar-refractivity contribution in [2.75, 3.05) is 0 Å². The van der Waals surface area contributed by atoms with Crippen LogP contribution in [0.4, 0.5) is 5.69 Å². The molecule has 1 aliphatic heterocycles. The van der Waals surface area contributed by atoms with E-state index < -0.39 is 22.1 Å². The van der Waals surface area contributed by atoms with Gasteiger partial charge < -0.3 is 0 Å². The molecule has 10 nitrogen and oxygen atoms in total. The summed E-state index contributed by atoms with van der Waals surface area (Å²) >= 11 is 5.48. The third-order valence-electron chi connectivity index (χ3n) is 5.51. The second kappa shape index (κ2) is 8.05. The second-order valence-corrected chi connectivity index (χ2v) is 7.84. The van der Waals surface area contributed by atoms with Gasteiger partial charge in [0.05, 0.1) is 10.6 Å². The number of nitro groups is 1. The quantitative estimate of drug-likeness (QED) is 0.268. The van der Waals surface area contributed by atoms with Gasteiger partial charge in [-0.3, -0.25) is 20.2 Å². The number of carbonyl (C=O) groups excluding carboxylic acids is 1. The van der Waals surface area contributed by atoms with E-state index >= 15 is 0 Å². The van der Waals surface area contributed by atoms with E-state index in [0.29, 0.717) is 11.1 Å². The topological polar surface area (TPSA) is 127 Å². The van der Waals surface area contributed by atoms with Gasteiger partial charge in [0.15, 0.2) is 5.54 Å². The van der Waals surface area contributed by atoms with Crippen LogP contribution in [-0.4, -0.2) is 31.1 Å². The number of nitrogens with zero attached hydrogens (tertiary/aromatic N) is 4. The van der Waals surface area contributed by atoms with Crippen molar-refractivity contribution in [2.45, 2.75) is 5.54 Å². The Labute approximate surface area is 197 Å². The molecule has 11 heteroatoms. The lowest BCUT2D eigenvalue weighted by Gasteiger charge is -2.24. The Hall–Kier alpha value is -4.64. The van der Waals surface area contributed by atoms with E-state index in [9.17, 15) is 19.7 Å². The molecular formula is C23H16N6O4S. The van der Waals surface area contributed by atoms with E-state index in [1.54, 1.807) is 24.3 Å². The average Bonchev–Trinajstić information content (AvgIpc) is 3.36. The van der Waals surface area contributed by atoms with Crippen LogP contribution in [0.2, 0.25) is 0 Å².